The summed E-state index contributed by atoms with van der Waals surface area (Å²) in [5.74, 6) is 0.663. The topological polar surface area (TPSA) is 53.1 Å². The molecule has 4 nitrogen and oxygen atoms in total. The van der Waals surface area contributed by atoms with Crippen LogP contribution in [-0.2, 0) is 17.2 Å². The number of aryl methyl sites for hydroxylation is 1. The fraction of sp³-hybridized carbons (Fsp3) is 0.400. The van der Waals surface area contributed by atoms with Gasteiger partial charge in [-0.05, 0) is 11.6 Å². The maximum atomic E-state index is 5.83. The van der Waals surface area contributed by atoms with Crippen LogP contribution < -0.4 is 5.73 Å². The Morgan fingerprint density at radius 1 is 1.32 bits per heavy atom. The van der Waals surface area contributed by atoms with E-state index in [1.54, 1.807) is 11.8 Å². The van der Waals surface area contributed by atoms with Gasteiger partial charge in [-0.1, -0.05) is 32.0 Å². The van der Waals surface area contributed by atoms with Gasteiger partial charge < -0.3 is 10.5 Å². The van der Waals surface area contributed by atoms with Crippen molar-refractivity contribution in [3.63, 3.8) is 0 Å². The first-order chi connectivity index (χ1) is 8.94. The van der Waals surface area contributed by atoms with Crippen LogP contribution in [0.3, 0.4) is 0 Å². The summed E-state index contributed by atoms with van der Waals surface area (Å²) in [4.78, 5) is 0. The van der Waals surface area contributed by atoms with Gasteiger partial charge in [0.1, 0.15) is 5.82 Å². The molecule has 2 aromatic rings. The van der Waals surface area contributed by atoms with E-state index in [1.807, 2.05) is 25.2 Å². The molecule has 0 aliphatic rings. The van der Waals surface area contributed by atoms with E-state index in [-0.39, 0.29) is 5.41 Å². The van der Waals surface area contributed by atoms with E-state index < -0.39 is 0 Å². The van der Waals surface area contributed by atoms with Crippen LogP contribution in [0.4, 0.5) is 5.82 Å². The van der Waals surface area contributed by atoms with Crippen LogP contribution in [0.25, 0.3) is 11.3 Å². The molecule has 2 N–H and O–H groups in total. The predicted octanol–water partition coefficient (Wildman–Crippen LogP) is 2.59. The summed E-state index contributed by atoms with van der Waals surface area (Å²) in [7, 11) is 3.57. The summed E-state index contributed by atoms with van der Waals surface area (Å²) < 4.78 is 6.97. The lowest BCUT2D eigenvalue weighted by Crippen LogP contribution is -2.23. The maximum absolute atomic E-state index is 5.83. The van der Waals surface area contributed by atoms with Crippen molar-refractivity contribution in [3.05, 3.63) is 35.9 Å². The summed E-state index contributed by atoms with van der Waals surface area (Å²) in [5.41, 5.74) is 9.02. The maximum Gasteiger partial charge on any atom is 0.121 e. The summed E-state index contributed by atoms with van der Waals surface area (Å²) >= 11 is 0. The molecule has 0 unspecified atom stereocenters. The Balaban J connectivity index is 2.39. The van der Waals surface area contributed by atoms with Gasteiger partial charge >= 0.3 is 0 Å². The zero-order valence-electron chi connectivity index (χ0n) is 12.0. The normalized spacial score (nSPS) is 11.8. The van der Waals surface area contributed by atoms with E-state index in [9.17, 15) is 0 Å². The number of ether oxygens (including phenoxy) is 1. The smallest absolute Gasteiger partial charge is 0.121 e. The fourth-order valence-corrected chi connectivity index (χ4v) is 2.17. The van der Waals surface area contributed by atoms with Gasteiger partial charge in [0.25, 0.3) is 0 Å². The highest BCUT2D eigenvalue weighted by Gasteiger charge is 2.21. The quantitative estimate of drug-likeness (QED) is 0.918. The summed E-state index contributed by atoms with van der Waals surface area (Å²) in [5, 5.41) is 4.41. The molecule has 4 heteroatoms. The van der Waals surface area contributed by atoms with E-state index in [2.05, 4.69) is 31.1 Å². The summed E-state index contributed by atoms with van der Waals surface area (Å²) in [6.07, 6.45) is 0. The molecule has 0 saturated carbocycles. The third-order valence-corrected chi connectivity index (χ3v) is 3.36. The lowest BCUT2D eigenvalue weighted by molar-refractivity contribution is 0.146. The lowest BCUT2D eigenvalue weighted by Gasteiger charge is -2.24. The van der Waals surface area contributed by atoms with Crippen molar-refractivity contribution in [1.82, 2.24) is 9.78 Å². The standard InChI is InChI=1S/C15H21N3O/c1-15(2,10-19-4)12-7-5-6-11(8-12)13-9-14(16)18(3)17-13/h5-9H,10,16H2,1-4H3. The first-order valence-corrected chi connectivity index (χ1v) is 6.33. The molecule has 0 radical (unpaired) electrons. The third kappa shape index (κ3) is 2.79. The minimum Gasteiger partial charge on any atom is -0.384 e. The first kappa shape index (κ1) is 13.6. The largest absolute Gasteiger partial charge is 0.384 e. The van der Waals surface area contributed by atoms with E-state index in [0.717, 1.165) is 11.3 Å². The Hall–Kier alpha value is -1.81. The van der Waals surface area contributed by atoms with Crippen molar-refractivity contribution in [2.24, 2.45) is 7.05 Å². The number of nitrogens with two attached hydrogens (primary N) is 1. The van der Waals surface area contributed by atoms with Gasteiger partial charge in [-0.3, -0.25) is 4.68 Å². The van der Waals surface area contributed by atoms with Crippen LogP contribution in [0.15, 0.2) is 30.3 Å². The number of aromatic nitrogens is 2. The van der Waals surface area contributed by atoms with E-state index >= 15 is 0 Å². The zero-order chi connectivity index (χ0) is 14.0. The highest BCUT2D eigenvalue weighted by molar-refractivity contribution is 5.63. The first-order valence-electron chi connectivity index (χ1n) is 6.33. The monoisotopic (exact) mass is 259 g/mol. The number of benzene rings is 1. The Morgan fingerprint density at radius 2 is 2.05 bits per heavy atom. The average molecular weight is 259 g/mol. The van der Waals surface area contributed by atoms with E-state index in [4.69, 9.17) is 10.5 Å². The van der Waals surface area contributed by atoms with Gasteiger partial charge in [-0.25, -0.2) is 0 Å². The molecule has 19 heavy (non-hydrogen) atoms. The number of anilines is 1. The molecule has 1 aromatic heterocycles. The van der Waals surface area contributed by atoms with Crippen molar-refractivity contribution in [1.29, 1.82) is 0 Å². The van der Waals surface area contributed by atoms with Crippen molar-refractivity contribution in [2.75, 3.05) is 19.5 Å². The number of hydrogen-bond donors (Lipinski definition) is 1. The molecule has 0 saturated heterocycles. The molecular weight excluding hydrogens is 238 g/mol. The number of nitrogen functional groups attached to an aromatic ring is 1. The second-order valence-corrected chi connectivity index (χ2v) is 5.48. The van der Waals surface area contributed by atoms with Gasteiger partial charge in [0.15, 0.2) is 0 Å². The second-order valence-electron chi connectivity index (χ2n) is 5.48. The number of methoxy groups -OCH3 is 1. The van der Waals surface area contributed by atoms with Crippen LogP contribution in [0, 0.1) is 0 Å². The van der Waals surface area contributed by atoms with Crippen LogP contribution >= 0.6 is 0 Å². The van der Waals surface area contributed by atoms with E-state index in [1.165, 1.54) is 5.56 Å². The van der Waals surface area contributed by atoms with Gasteiger partial charge in [-0.15, -0.1) is 0 Å². The molecule has 0 amide bonds. The number of rotatable bonds is 4. The highest BCUT2D eigenvalue weighted by atomic mass is 16.5. The Labute approximate surface area is 114 Å². The van der Waals surface area contributed by atoms with Gasteiger partial charge in [0, 0.05) is 31.2 Å². The Morgan fingerprint density at radius 3 is 2.63 bits per heavy atom. The number of nitrogens with zero attached hydrogens (tertiary/aromatic N) is 2. The van der Waals surface area contributed by atoms with Crippen LogP contribution in [0.5, 0.6) is 0 Å². The van der Waals surface area contributed by atoms with Crippen LogP contribution in [0.2, 0.25) is 0 Å². The predicted molar refractivity (Wildman–Crippen MR) is 78.0 cm³/mol. The molecule has 0 spiro atoms. The number of hydrogen-bond acceptors (Lipinski definition) is 3. The Kier molecular flexibility index (Phi) is 3.62. The molecule has 0 atom stereocenters. The highest BCUT2D eigenvalue weighted by Crippen LogP contribution is 2.28. The zero-order valence-corrected chi connectivity index (χ0v) is 12.0. The van der Waals surface area contributed by atoms with E-state index in [0.29, 0.717) is 12.4 Å². The molecule has 0 aliphatic heterocycles. The second kappa shape index (κ2) is 5.05. The molecule has 0 fully saturated rings. The molecule has 102 valence electrons. The summed E-state index contributed by atoms with van der Waals surface area (Å²) in [6.45, 7) is 5.02. The van der Waals surface area contributed by atoms with Crippen molar-refractivity contribution < 1.29 is 4.74 Å². The molecular formula is C15H21N3O. The van der Waals surface area contributed by atoms with Crippen molar-refractivity contribution in [2.45, 2.75) is 19.3 Å². The van der Waals surface area contributed by atoms with Crippen molar-refractivity contribution in [3.8, 4) is 11.3 Å². The molecule has 1 aromatic carbocycles. The SMILES string of the molecule is COCC(C)(C)c1cccc(-c2cc(N)n(C)n2)c1. The van der Waals surface area contributed by atoms with Crippen molar-refractivity contribution >= 4 is 5.82 Å². The molecule has 0 bridgehead atoms. The molecule has 2 rings (SSSR count). The van der Waals surface area contributed by atoms with Gasteiger partial charge in [0.05, 0.1) is 12.3 Å². The van der Waals surface area contributed by atoms with Gasteiger partial charge in [0.2, 0.25) is 0 Å². The Bertz CT molecular complexity index is 553. The minimum atomic E-state index is -0.0227. The third-order valence-electron chi connectivity index (χ3n) is 3.36. The van der Waals surface area contributed by atoms with Crippen LogP contribution in [-0.4, -0.2) is 23.5 Å². The molecule has 1 heterocycles. The minimum absolute atomic E-state index is 0.0227. The summed E-state index contributed by atoms with van der Waals surface area (Å²) in [6, 6.07) is 10.3. The average Bonchev–Trinajstić information content (AvgIpc) is 2.70. The van der Waals surface area contributed by atoms with Gasteiger partial charge in [-0.2, -0.15) is 5.10 Å². The lowest BCUT2D eigenvalue weighted by atomic mass is 9.84. The molecule has 0 aliphatic carbocycles. The fourth-order valence-electron chi connectivity index (χ4n) is 2.17. The van der Waals surface area contributed by atoms with Crippen LogP contribution in [0.1, 0.15) is 19.4 Å².